The molecular formula is C41H72NO10P. The molecule has 0 saturated heterocycles. The molecule has 0 aromatic rings. The number of carboxylic acids is 1. The van der Waals surface area contributed by atoms with Crippen LogP contribution in [0.15, 0.2) is 48.6 Å². The van der Waals surface area contributed by atoms with E-state index in [1.165, 1.54) is 64.2 Å². The number of esters is 2. The number of carbonyl (C=O) groups excluding carboxylic acids is 2. The molecule has 0 spiro atoms. The molecule has 0 aliphatic rings. The third-order valence-corrected chi connectivity index (χ3v) is 9.28. The van der Waals surface area contributed by atoms with E-state index in [-0.39, 0.29) is 19.4 Å². The first-order chi connectivity index (χ1) is 25.6. The molecule has 11 nitrogen and oxygen atoms in total. The van der Waals surface area contributed by atoms with Crippen LogP contribution in [-0.4, -0.2) is 59.9 Å². The van der Waals surface area contributed by atoms with Gasteiger partial charge in [-0.3, -0.25) is 23.4 Å². The maximum Gasteiger partial charge on any atom is 0.472 e. The van der Waals surface area contributed by atoms with Gasteiger partial charge in [-0.05, 0) is 57.8 Å². The smallest absolute Gasteiger partial charge is 0.472 e. The number of aliphatic carboxylic acids is 1. The van der Waals surface area contributed by atoms with Gasteiger partial charge in [-0.1, -0.05) is 140 Å². The molecule has 1 unspecified atom stereocenters. The van der Waals surface area contributed by atoms with E-state index in [9.17, 15) is 23.8 Å². The zero-order chi connectivity index (χ0) is 39.3. The summed E-state index contributed by atoms with van der Waals surface area (Å²) in [5.74, 6) is -2.42. The van der Waals surface area contributed by atoms with Crippen LogP contribution in [0.4, 0.5) is 0 Å². The fourth-order valence-electron chi connectivity index (χ4n) is 5.11. The number of hydrogen-bond donors (Lipinski definition) is 3. The van der Waals surface area contributed by atoms with Gasteiger partial charge in [0.2, 0.25) is 0 Å². The van der Waals surface area contributed by atoms with E-state index in [0.29, 0.717) is 12.8 Å². The van der Waals surface area contributed by atoms with Gasteiger partial charge < -0.3 is 25.2 Å². The highest BCUT2D eigenvalue weighted by atomic mass is 31.2. The Bertz CT molecular complexity index is 1090. The molecule has 0 amide bonds. The van der Waals surface area contributed by atoms with E-state index < -0.39 is 51.1 Å². The number of allylic oxidation sites excluding steroid dienone is 8. The summed E-state index contributed by atoms with van der Waals surface area (Å²) in [6, 6.07) is -1.52. The lowest BCUT2D eigenvalue weighted by atomic mass is 10.1. The molecule has 0 radical (unpaired) electrons. The van der Waals surface area contributed by atoms with Gasteiger partial charge in [-0.2, -0.15) is 0 Å². The molecule has 0 aliphatic carbocycles. The number of ether oxygens (including phenoxy) is 2. The van der Waals surface area contributed by atoms with Gasteiger partial charge >= 0.3 is 25.7 Å². The minimum atomic E-state index is -4.72. The zero-order valence-electron chi connectivity index (χ0n) is 32.8. The Morgan fingerprint density at radius 3 is 1.53 bits per heavy atom. The van der Waals surface area contributed by atoms with Crippen molar-refractivity contribution in [2.24, 2.45) is 5.73 Å². The third kappa shape index (κ3) is 36.2. The average Bonchev–Trinajstić information content (AvgIpc) is 3.13. The molecule has 0 fully saturated rings. The molecule has 0 bridgehead atoms. The summed E-state index contributed by atoms with van der Waals surface area (Å²) in [5, 5.41) is 8.86. The van der Waals surface area contributed by atoms with Gasteiger partial charge in [-0.15, -0.1) is 0 Å². The first kappa shape index (κ1) is 50.4. The Balaban J connectivity index is 4.43. The van der Waals surface area contributed by atoms with Crippen LogP contribution in [0, 0.1) is 0 Å². The van der Waals surface area contributed by atoms with Gasteiger partial charge in [0, 0.05) is 12.8 Å². The van der Waals surface area contributed by atoms with Gasteiger partial charge in [-0.25, -0.2) is 4.57 Å². The Morgan fingerprint density at radius 1 is 0.585 bits per heavy atom. The van der Waals surface area contributed by atoms with Crippen LogP contribution in [0.2, 0.25) is 0 Å². The quantitative estimate of drug-likeness (QED) is 0.0238. The summed E-state index contributed by atoms with van der Waals surface area (Å²) in [6.07, 6.45) is 39.0. The highest BCUT2D eigenvalue weighted by Gasteiger charge is 2.28. The molecule has 12 heteroatoms. The molecular weight excluding hydrogens is 697 g/mol. The van der Waals surface area contributed by atoms with Crippen LogP contribution in [0.25, 0.3) is 0 Å². The van der Waals surface area contributed by atoms with Crippen molar-refractivity contribution >= 4 is 25.7 Å². The molecule has 0 rings (SSSR count). The van der Waals surface area contributed by atoms with E-state index in [1.807, 2.05) is 0 Å². The van der Waals surface area contributed by atoms with E-state index in [0.717, 1.165) is 57.8 Å². The standard InChI is InChI=1S/C41H72NO10P/c1-3-5-7-9-11-13-15-16-17-18-19-20-21-22-23-25-26-28-30-32-39(43)49-34-37(35-50-53(47,48)51-36-38(42)41(45)46)52-40(44)33-31-29-27-24-14-12-10-8-6-4-2/h11,13,16-17,19-20,22-23,37-38H,3-10,12,14-15,18,21,24-36,42H2,1-2H3,(H,45,46)(H,47,48)/b13-11-,17-16-,20-19-,23-22-/t37-,38+/m1/s1. The summed E-state index contributed by atoms with van der Waals surface area (Å²) in [5.41, 5.74) is 5.31. The summed E-state index contributed by atoms with van der Waals surface area (Å²) < 4.78 is 32.5. The van der Waals surface area contributed by atoms with E-state index >= 15 is 0 Å². The summed E-state index contributed by atoms with van der Waals surface area (Å²) in [6.45, 7) is 2.70. The predicted molar refractivity (Wildman–Crippen MR) is 212 cm³/mol. The number of phosphoric ester groups is 1. The van der Waals surface area contributed by atoms with E-state index in [2.05, 4.69) is 67.0 Å². The predicted octanol–water partition coefficient (Wildman–Crippen LogP) is 10.2. The second-order valence-corrected chi connectivity index (χ2v) is 14.9. The molecule has 0 aromatic heterocycles. The van der Waals surface area contributed by atoms with Crippen LogP contribution < -0.4 is 5.73 Å². The molecule has 53 heavy (non-hydrogen) atoms. The second-order valence-electron chi connectivity index (χ2n) is 13.4. The molecule has 4 N–H and O–H groups in total. The Morgan fingerprint density at radius 2 is 1.00 bits per heavy atom. The largest absolute Gasteiger partial charge is 0.480 e. The minimum Gasteiger partial charge on any atom is -0.480 e. The Labute approximate surface area is 320 Å². The molecule has 3 atom stereocenters. The molecule has 306 valence electrons. The van der Waals surface area contributed by atoms with Gasteiger partial charge in [0.15, 0.2) is 6.10 Å². The Kier molecular flexibility index (Phi) is 34.7. The van der Waals surface area contributed by atoms with Crippen molar-refractivity contribution in [3.63, 3.8) is 0 Å². The summed E-state index contributed by atoms with van der Waals surface area (Å²) in [7, 11) is -4.72. The molecule has 0 aliphatic heterocycles. The maximum absolute atomic E-state index is 12.5. The lowest BCUT2D eigenvalue weighted by Crippen LogP contribution is -2.34. The SMILES string of the molecule is CCCCC/C=C\C/C=C\C/C=C\C/C=C\CCCCCC(=O)OC[C@H](COP(=O)(O)OC[C@H](N)C(=O)O)OC(=O)CCCCCCCCCCCC. The molecule has 0 heterocycles. The van der Waals surface area contributed by atoms with E-state index in [1.54, 1.807) is 0 Å². The first-order valence-corrected chi connectivity index (χ1v) is 21.7. The number of carbonyl (C=O) groups is 3. The van der Waals surface area contributed by atoms with Crippen LogP contribution in [0.1, 0.15) is 162 Å². The maximum atomic E-state index is 12.5. The second kappa shape index (κ2) is 36.4. The van der Waals surface area contributed by atoms with E-state index in [4.69, 9.17) is 24.8 Å². The number of carboxylic acid groups (broad SMARTS) is 1. The highest BCUT2D eigenvalue weighted by molar-refractivity contribution is 7.47. The van der Waals surface area contributed by atoms with Crippen molar-refractivity contribution in [3.8, 4) is 0 Å². The van der Waals surface area contributed by atoms with Gasteiger partial charge in [0.05, 0.1) is 13.2 Å². The van der Waals surface area contributed by atoms with Crippen LogP contribution in [0.3, 0.4) is 0 Å². The highest BCUT2D eigenvalue weighted by Crippen LogP contribution is 2.43. The monoisotopic (exact) mass is 769 g/mol. The van der Waals surface area contributed by atoms with Crippen molar-refractivity contribution in [1.29, 1.82) is 0 Å². The minimum absolute atomic E-state index is 0.154. The van der Waals surface area contributed by atoms with Crippen molar-refractivity contribution in [2.45, 2.75) is 174 Å². The number of unbranched alkanes of at least 4 members (excludes halogenated alkanes) is 15. The normalized spacial score (nSPS) is 14.3. The van der Waals surface area contributed by atoms with Gasteiger partial charge in [0.25, 0.3) is 0 Å². The number of phosphoric acid groups is 1. The van der Waals surface area contributed by atoms with Crippen molar-refractivity contribution in [1.82, 2.24) is 0 Å². The number of nitrogens with two attached hydrogens (primary N) is 1. The molecule has 0 aromatic carbocycles. The van der Waals surface area contributed by atoms with Gasteiger partial charge in [0.1, 0.15) is 12.6 Å². The van der Waals surface area contributed by atoms with Crippen molar-refractivity contribution in [3.05, 3.63) is 48.6 Å². The Hall–Kier alpha value is -2.56. The van der Waals surface area contributed by atoms with Crippen LogP contribution in [0.5, 0.6) is 0 Å². The van der Waals surface area contributed by atoms with Crippen molar-refractivity contribution < 1.29 is 47.5 Å². The lowest BCUT2D eigenvalue weighted by Gasteiger charge is -2.20. The first-order valence-electron chi connectivity index (χ1n) is 20.2. The summed E-state index contributed by atoms with van der Waals surface area (Å²) in [4.78, 5) is 45.7. The third-order valence-electron chi connectivity index (χ3n) is 8.33. The fraction of sp³-hybridized carbons (Fsp3) is 0.732. The summed E-state index contributed by atoms with van der Waals surface area (Å²) >= 11 is 0. The number of rotatable bonds is 37. The van der Waals surface area contributed by atoms with Crippen molar-refractivity contribution in [2.75, 3.05) is 19.8 Å². The lowest BCUT2D eigenvalue weighted by molar-refractivity contribution is -0.161. The molecule has 0 saturated carbocycles. The van der Waals surface area contributed by atoms with Crippen LogP contribution >= 0.6 is 7.82 Å². The van der Waals surface area contributed by atoms with Crippen LogP contribution in [-0.2, 0) is 37.5 Å². The average molecular weight is 770 g/mol. The fourth-order valence-corrected chi connectivity index (χ4v) is 5.88. The topological polar surface area (TPSA) is 172 Å². The number of hydrogen-bond acceptors (Lipinski definition) is 9. The zero-order valence-corrected chi connectivity index (χ0v) is 33.7.